The fourth-order valence-corrected chi connectivity index (χ4v) is 3.12. The lowest BCUT2D eigenvalue weighted by molar-refractivity contribution is -0.131. The molecule has 0 atom stereocenters. The van der Waals surface area contributed by atoms with E-state index >= 15 is 0 Å². The molecule has 1 saturated heterocycles. The van der Waals surface area contributed by atoms with E-state index in [2.05, 4.69) is 20.0 Å². The molecule has 0 radical (unpaired) electrons. The molecule has 8 nitrogen and oxygen atoms in total. The van der Waals surface area contributed by atoms with Crippen LogP contribution in [-0.4, -0.2) is 61.6 Å². The summed E-state index contributed by atoms with van der Waals surface area (Å²) in [5.74, 6) is 0.881. The van der Waals surface area contributed by atoms with Gasteiger partial charge in [0, 0.05) is 39.6 Å². The number of aryl methyl sites for hydroxylation is 1. The summed E-state index contributed by atoms with van der Waals surface area (Å²) >= 11 is 0. The van der Waals surface area contributed by atoms with Crippen molar-refractivity contribution in [3.63, 3.8) is 0 Å². The minimum absolute atomic E-state index is 0.155. The number of aromatic amines is 1. The van der Waals surface area contributed by atoms with Crippen molar-refractivity contribution in [1.29, 1.82) is 0 Å². The number of fused-ring (bicyclic) bond motifs is 1. The zero-order valence-corrected chi connectivity index (χ0v) is 14.3. The summed E-state index contributed by atoms with van der Waals surface area (Å²) in [7, 11) is 1.78. The summed E-state index contributed by atoms with van der Waals surface area (Å²) in [6.45, 7) is 5.83. The highest BCUT2D eigenvalue weighted by Crippen LogP contribution is 2.10. The molecule has 2 aromatic heterocycles. The van der Waals surface area contributed by atoms with Gasteiger partial charge < -0.3 is 9.88 Å². The predicted molar refractivity (Wildman–Crippen MR) is 90.5 cm³/mol. The van der Waals surface area contributed by atoms with E-state index in [1.54, 1.807) is 11.7 Å². The molecular formula is C16H24N6O2. The predicted octanol–water partition coefficient (Wildman–Crippen LogP) is 0.491. The third-order valence-corrected chi connectivity index (χ3v) is 4.43. The largest absolute Gasteiger partial charge is 0.341 e. The molecule has 1 fully saturated rings. The maximum absolute atomic E-state index is 12.1. The van der Waals surface area contributed by atoms with Gasteiger partial charge in [-0.2, -0.15) is 5.10 Å². The molecule has 1 amide bonds. The molecule has 0 aliphatic carbocycles. The van der Waals surface area contributed by atoms with Gasteiger partial charge in [0.1, 0.15) is 11.2 Å². The summed E-state index contributed by atoms with van der Waals surface area (Å²) in [6, 6.07) is 0. The number of nitrogens with one attached hydrogen (secondary N) is 1. The van der Waals surface area contributed by atoms with Crippen molar-refractivity contribution in [2.45, 2.75) is 32.7 Å². The summed E-state index contributed by atoms with van der Waals surface area (Å²) in [5, 5.41) is 4.59. The van der Waals surface area contributed by atoms with E-state index in [4.69, 9.17) is 0 Å². The first-order valence-electron chi connectivity index (χ1n) is 8.49. The Morgan fingerprint density at radius 3 is 2.92 bits per heavy atom. The summed E-state index contributed by atoms with van der Waals surface area (Å²) < 4.78 is 1.61. The minimum atomic E-state index is -0.155. The zero-order chi connectivity index (χ0) is 17.1. The van der Waals surface area contributed by atoms with Crippen LogP contribution < -0.4 is 5.56 Å². The number of amides is 1. The fourth-order valence-electron chi connectivity index (χ4n) is 3.12. The Labute approximate surface area is 140 Å². The van der Waals surface area contributed by atoms with Crippen molar-refractivity contribution in [2.75, 3.05) is 26.2 Å². The molecule has 8 heteroatoms. The molecule has 0 aromatic carbocycles. The number of hydrogen-bond acceptors (Lipinski definition) is 5. The molecule has 24 heavy (non-hydrogen) atoms. The number of rotatable bonds is 4. The first kappa shape index (κ1) is 16.6. The van der Waals surface area contributed by atoms with E-state index in [1.165, 1.54) is 6.20 Å². The van der Waals surface area contributed by atoms with Crippen molar-refractivity contribution in [3.05, 3.63) is 22.4 Å². The van der Waals surface area contributed by atoms with Crippen molar-refractivity contribution in [3.8, 4) is 0 Å². The third kappa shape index (κ3) is 3.48. The maximum Gasteiger partial charge on any atom is 0.262 e. The summed E-state index contributed by atoms with van der Waals surface area (Å²) in [5.41, 5.74) is 0.445. The van der Waals surface area contributed by atoms with Gasteiger partial charge in [0.15, 0.2) is 5.65 Å². The highest BCUT2D eigenvalue weighted by Gasteiger charge is 2.19. The number of nitrogens with zero attached hydrogens (tertiary/aromatic N) is 5. The van der Waals surface area contributed by atoms with Crippen LogP contribution in [0.15, 0.2) is 11.0 Å². The number of carbonyl (C=O) groups excluding carboxylic acids is 1. The average Bonchev–Trinajstić information content (AvgIpc) is 2.78. The van der Waals surface area contributed by atoms with Gasteiger partial charge in [-0.15, -0.1) is 0 Å². The highest BCUT2D eigenvalue weighted by molar-refractivity contribution is 5.76. The van der Waals surface area contributed by atoms with Gasteiger partial charge in [-0.1, -0.05) is 6.92 Å². The second kappa shape index (κ2) is 7.12. The van der Waals surface area contributed by atoms with Gasteiger partial charge in [-0.05, 0) is 12.8 Å². The van der Waals surface area contributed by atoms with Crippen LogP contribution in [0.2, 0.25) is 0 Å². The number of hydrogen-bond donors (Lipinski definition) is 1. The lowest BCUT2D eigenvalue weighted by Crippen LogP contribution is -2.35. The first-order valence-corrected chi connectivity index (χ1v) is 8.49. The molecule has 1 aliphatic heterocycles. The topological polar surface area (TPSA) is 87.1 Å². The van der Waals surface area contributed by atoms with Crippen molar-refractivity contribution in [2.24, 2.45) is 7.05 Å². The average molecular weight is 332 g/mol. The van der Waals surface area contributed by atoms with Crippen molar-refractivity contribution >= 4 is 16.9 Å². The monoisotopic (exact) mass is 332 g/mol. The Kier molecular flexibility index (Phi) is 4.94. The van der Waals surface area contributed by atoms with Gasteiger partial charge in [0.2, 0.25) is 5.91 Å². The lowest BCUT2D eigenvalue weighted by atomic mass is 10.3. The Balaban J connectivity index is 1.69. The Bertz CT molecular complexity index is 780. The molecule has 3 heterocycles. The van der Waals surface area contributed by atoms with Crippen LogP contribution in [0, 0.1) is 0 Å². The van der Waals surface area contributed by atoms with E-state index in [-0.39, 0.29) is 11.5 Å². The van der Waals surface area contributed by atoms with Gasteiger partial charge in [-0.25, -0.2) is 4.98 Å². The van der Waals surface area contributed by atoms with E-state index in [0.29, 0.717) is 29.8 Å². The highest BCUT2D eigenvalue weighted by atomic mass is 16.2. The zero-order valence-electron chi connectivity index (χ0n) is 14.3. The van der Waals surface area contributed by atoms with Crippen molar-refractivity contribution in [1.82, 2.24) is 29.5 Å². The van der Waals surface area contributed by atoms with E-state index in [9.17, 15) is 9.59 Å². The first-order chi connectivity index (χ1) is 11.6. The molecule has 1 N–H and O–H groups in total. The van der Waals surface area contributed by atoms with Crippen LogP contribution >= 0.6 is 0 Å². The van der Waals surface area contributed by atoms with Gasteiger partial charge >= 0.3 is 0 Å². The summed E-state index contributed by atoms with van der Waals surface area (Å²) in [4.78, 5) is 35.7. The molecule has 0 unspecified atom stereocenters. The molecule has 0 spiro atoms. The van der Waals surface area contributed by atoms with Crippen LogP contribution in [0.4, 0.5) is 0 Å². The molecule has 1 aliphatic rings. The van der Waals surface area contributed by atoms with Gasteiger partial charge in [0.25, 0.3) is 5.56 Å². The second-order valence-electron chi connectivity index (χ2n) is 6.28. The standard InChI is InChI=1S/C16H24N6O2/c1-3-5-14(23)22-7-4-6-21(8-9-22)11-13-18-15-12(16(24)19-13)10-17-20(15)2/h10H,3-9,11H2,1-2H3,(H,18,19,24). The molecule has 2 aromatic rings. The SMILES string of the molecule is CCCC(=O)N1CCCN(Cc2nc3c(cnn3C)c(=O)[nH]2)CC1. The van der Waals surface area contributed by atoms with Crippen LogP contribution in [0.25, 0.3) is 11.0 Å². The van der Waals surface area contributed by atoms with Gasteiger partial charge in [-0.3, -0.25) is 19.2 Å². The Morgan fingerprint density at radius 2 is 2.12 bits per heavy atom. The smallest absolute Gasteiger partial charge is 0.262 e. The van der Waals surface area contributed by atoms with Crippen molar-refractivity contribution < 1.29 is 4.79 Å². The number of carbonyl (C=O) groups is 1. The van der Waals surface area contributed by atoms with Crippen LogP contribution in [0.5, 0.6) is 0 Å². The maximum atomic E-state index is 12.1. The molecule has 0 saturated carbocycles. The van der Waals surface area contributed by atoms with Crippen LogP contribution in [0.1, 0.15) is 32.0 Å². The van der Waals surface area contributed by atoms with E-state index in [0.717, 1.165) is 39.0 Å². The Morgan fingerprint density at radius 1 is 1.29 bits per heavy atom. The minimum Gasteiger partial charge on any atom is -0.341 e. The van der Waals surface area contributed by atoms with E-state index < -0.39 is 0 Å². The molecule has 3 rings (SSSR count). The molecule has 0 bridgehead atoms. The van der Waals surface area contributed by atoms with Gasteiger partial charge in [0.05, 0.1) is 12.7 Å². The third-order valence-electron chi connectivity index (χ3n) is 4.43. The lowest BCUT2D eigenvalue weighted by Gasteiger charge is -2.21. The van der Waals surface area contributed by atoms with Crippen LogP contribution in [-0.2, 0) is 18.4 Å². The van der Waals surface area contributed by atoms with Crippen LogP contribution in [0.3, 0.4) is 0 Å². The quantitative estimate of drug-likeness (QED) is 0.880. The normalized spacial score (nSPS) is 16.5. The van der Waals surface area contributed by atoms with E-state index in [1.807, 2.05) is 11.8 Å². The fraction of sp³-hybridized carbons (Fsp3) is 0.625. The number of aromatic nitrogens is 4. The second-order valence-corrected chi connectivity index (χ2v) is 6.28. The number of H-pyrrole nitrogens is 1. The summed E-state index contributed by atoms with van der Waals surface area (Å²) in [6.07, 6.45) is 3.97. The molecular weight excluding hydrogens is 308 g/mol. The molecule has 130 valence electrons. The Hall–Kier alpha value is -2.22.